The molecule has 1 saturated carbocycles. The van der Waals surface area contributed by atoms with Crippen molar-refractivity contribution in [1.82, 2.24) is 24.7 Å². The fourth-order valence-corrected chi connectivity index (χ4v) is 4.88. The van der Waals surface area contributed by atoms with Gasteiger partial charge in [0, 0.05) is 31.3 Å². The number of thioether (sulfide) groups is 1. The van der Waals surface area contributed by atoms with Gasteiger partial charge in [0.15, 0.2) is 5.16 Å². The zero-order valence-corrected chi connectivity index (χ0v) is 17.5. The summed E-state index contributed by atoms with van der Waals surface area (Å²) in [6, 6.07) is 8.01. The third kappa shape index (κ3) is 3.90. The minimum Gasteiger partial charge on any atom is -0.341 e. The molecule has 3 heterocycles. The fourth-order valence-electron chi connectivity index (χ4n) is 3.94. The van der Waals surface area contributed by atoms with Crippen molar-refractivity contribution >= 4 is 28.6 Å². The maximum atomic E-state index is 12.3. The number of nitrogens with one attached hydrogen (secondary N) is 1. The molecule has 7 nitrogen and oxygen atoms in total. The van der Waals surface area contributed by atoms with Crippen molar-refractivity contribution in [1.29, 1.82) is 0 Å². The quantitative estimate of drug-likeness (QED) is 0.627. The topological polar surface area (TPSA) is 79.7 Å². The Balaban J connectivity index is 1.29. The standard InChI is InChI=1S/C21H26N6OS/c1-14-8-11-26(12-9-14)20-24-25-21(27(20)15-6-7-15)29-13-10-18-22-17-5-3-2-4-16(17)19(28)23-18/h2-5,14-15H,6-13H2,1H3,(H,22,23,28). The van der Waals surface area contributed by atoms with Gasteiger partial charge in [0.2, 0.25) is 5.95 Å². The maximum Gasteiger partial charge on any atom is 0.258 e. The van der Waals surface area contributed by atoms with Crippen LogP contribution in [0.3, 0.4) is 0 Å². The Morgan fingerprint density at radius 2 is 1.93 bits per heavy atom. The number of benzene rings is 1. The highest BCUT2D eigenvalue weighted by Gasteiger charge is 2.32. The van der Waals surface area contributed by atoms with Gasteiger partial charge in [-0.1, -0.05) is 30.8 Å². The van der Waals surface area contributed by atoms with Crippen molar-refractivity contribution in [2.45, 2.75) is 50.2 Å². The SMILES string of the molecule is CC1CCN(c2nnc(SCCc3nc4ccccc4c(=O)[nH]3)n2C2CC2)CC1. The summed E-state index contributed by atoms with van der Waals surface area (Å²) in [6.45, 7) is 4.47. The molecule has 1 aliphatic carbocycles. The van der Waals surface area contributed by atoms with E-state index in [1.807, 2.05) is 18.2 Å². The molecule has 1 aliphatic heterocycles. The van der Waals surface area contributed by atoms with Crippen molar-refractivity contribution < 1.29 is 0 Å². The highest BCUT2D eigenvalue weighted by Crippen LogP contribution is 2.41. The first-order valence-corrected chi connectivity index (χ1v) is 11.5. The van der Waals surface area contributed by atoms with E-state index in [1.165, 1.54) is 25.7 Å². The van der Waals surface area contributed by atoms with Gasteiger partial charge >= 0.3 is 0 Å². The zero-order valence-electron chi connectivity index (χ0n) is 16.7. The monoisotopic (exact) mass is 410 g/mol. The van der Waals surface area contributed by atoms with Gasteiger partial charge in [-0.3, -0.25) is 9.36 Å². The molecule has 0 radical (unpaired) electrons. The smallest absolute Gasteiger partial charge is 0.258 e. The number of aryl methyl sites for hydroxylation is 1. The van der Waals surface area contributed by atoms with Crippen LogP contribution in [0.4, 0.5) is 5.95 Å². The molecular weight excluding hydrogens is 384 g/mol. The molecule has 3 aromatic rings. The summed E-state index contributed by atoms with van der Waals surface area (Å²) in [5, 5.41) is 10.7. The van der Waals surface area contributed by atoms with Crippen molar-refractivity contribution in [3.8, 4) is 0 Å². The number of hydrogen-bond donors (Lipinski definition) is 1. The first-order chi connectivity index (χ1) is 14.2. The predicted octanol–water partition coefficient (Wildman–Crippen LogP) is 3.42. The number of aromatic nitrogens is 5. The Hall–Kier alpha value is -2.35. The van der Waals surface area contributed by atoms with Crippen LogP contribution in [0, 0.1) is 5.92 Å². The second-order valence-corrected chi connectivity index (χ2v) is 9.24. The van der Waals surface area contributed by atoms with Crippen LogP contribution in [0.5, 0.6) is 0 Å². The minimum atomic E-state index is -0.0710. The van der Waals surface area contributed by atoms with Gasteiger partial charge in [-0.2, -0.15) is 0 Å². The van der Waals surface area contributed by atoms with E-state index in [4.69, 9.17) is 0 Å². The molecule has 1 saturated heterocycles. The molecule has 5 rings (SSSR count). The average molecular weight is 411 g/mol. The van der Waals surface area contributed by atoms with Crippen LogP contribution < -0.4 is 10.5 Å². The number of hydrogen-bond acceptors (Lipinski definition) is 6. The van der Waals surface area contributed by atoms with E-state index >= 15 is 0 Å². The number of fused-ring (bicyclic) bond motifs is 1. The van der Waals surface area contributed by atoms with Crippen LogP contribution in [-0.4, -0.2) is 43.6 Å². The lowest BCUT2D eigenvalue weighted by molar-refractivity contribution is 0.429. The Bertz CT molecular complexity index is 1060. The maximum absolute atomic E-state index is 12.3. The summed E-state index contributed by atoms with van der Waals surface area (Å²) >= 11 is 1.71. The van der Waals surface area contributed by atoms with Crippen LogP contribution in [0.1, 0.15) is 44.5 Å². The summed E-state index contributed by atoms with van der Waals surface area (Å²) in [5.74, 6) is 3.38. The van der Waals surface area contributed by atoms with E-state index in [1.54, 1.807) is 17.8 Å². The number of para-hydroxylation sites is 1. The molecule has 2 fully saturated rings. The molecule has 2 aliphatic rings. The molecular formula is C21H26N6OS. The second kappa shape index (κ2) is 7.82. The molecule has 29 heavy (non-hydrogen) atoms. The van der Waals surface area contributed by atoms with Gasteiger partial charge in [0.25, 0.3) is 5.56 Å². The molecule has 1 aromatic carbocycles. The van der Waals surface area contributed by atoms with Crippen molar-refractivity contribution in [2.75, 3.05) is 23.7 Å². The Labute approximate surface area is 173 Å². The van der Waals surface area contributed by atoms with Crippen LogP contribution >= 0.6 is 11.8 Å². The van der Waals surface area contributed by atoms with Gasteiger partial charge in [0.1, 0.15) is 5.82 Å². The minimum absolute atomic E-state index is 0.0710. The first kappa shape index (κ1) is 18.7. The van der Waals surface area contributed by atoms with E-state index in [0.717, 1.165) is 47.2 Å². The highest BCUT2D eigenvalue weighted by atomic mass is 32.2. The first-order valence-electron chi connectivity index (χ1n) is 10.5. The van der Waals surface area contributed by atoms with Crippen LogP contribution in [-0.2, 0) is 6.42 Å². The Morgan fingerprint density at radius 1 is 1.14 bits per heavy atom. The van der Waals surface area contributed by atoms with Crippen molar-refractivity contribution in [2.24, 2.45) is 5.92 Å². The Kier molecular flexibility index (Phi) is 5.03. The molecule has 0 unspecified atom stereocenters. The third-order valence-corrected chi connectivity index (χ3v) is 6.80. The summed E-state index contributed by atoms with van der Waals surface area (Å²) in [7, 11) is 0. The number of anilines is 1. The van der Waals surface area contributed by atoms with E-state index in [-0.39, 0.29) is 5.56 Å². The van der Waals surface area contributed by atoms with Crippen molar-refractivity contribution in [3.05, 3.63) is 40.4 Å². The van der Waals surface area contributed by atoms with Crippen LogP contribution in [0.2, 0.25) is 0 Å². The molecule has 0 amide bonds. The van der Waals surface area contributed by atoms with Gasteiger partial charge in [-0.05, 0) is 43.7 Å². The van der Waals surface area contributed by atoms with Crippen molar-refractivity contribution in [3.63, 3.8) is 0 Å². The normalized spacial score (nSPS) is 17.9. The zero-order chi connectivity index (χ0) is 19.8. The van der Waals surface area contributed by atoms with E-state index in [9.17, 15) is 4.79 Å². The van der Waals surface area contributed by atoms with Gasteiger partial charge in [-0.25, -0.2) is 4.98 Å². The van der Waals surface area contributed by atoms with Gasteiger partial charge in [-0.15, -0.1) is 10.2 Å². The van der Waals surface area contributed by atoms with Crippen LogP contribution in [0.25, 0.3) is 10.9 Å². The molecule has 0 spiro atoms. The molecule has 0 bridgehead atoms. The number of piperidine rings is 1. The summed E-state index contributed by atoms with van der Waals surface area (Å²) < 4.78 is 2.34. The lowest BCUT2D eigenvalue weighted by atomic mass is 10.00. The van der Waals surface area contributed by atoms with Gasteiger partial charge < -0.3 is 9.88 Å². The summed E-state index contributed by atoms with van der Waals surface area (Å²) in [6.07, 6.45) is 5.56. The predicted molar refractivity (Wildman–Crippen MR) is 116 cm³/mol. The molecule has 152 valence electrons. The lowest BCUT2D eigenvalue weighted by Crippen LogP contribution is -2.34. The van der Waals surface area contributed by atoms with E-state index in [0.29, 0.717) is 17.8 Å². The molecule has 2 aromatic heterocycles. The van der Waals surface area contributed by atoms with E-state index < -0.39 is 0 Å². The van der Waals surface area contributed by atoms with Gasteiger partial charge in [0.05, 0.1) is 10.9 Å². The lowest BCUT2D eigenvalue weighted by Gasteiger charge is -2.31. The molecule has 8 heteroatoms. The van der Waals surface area contributed by atoms with Crippen LogP contribution in [0.15, 0.2) is 34.2 Å². The Morgan fingerprint density at radius 3 is 2.72 bits per heavy atom. The highest BCUT2D eigenvalue weighted by molar-refractivity contribution is 7.99. The average Bonchev–Trinajstić information content (AvgIpc) is 3.48. The largest absolute Gasteiger partial charge is 0.341 e. The number of aromatic amines is 1. The number of H-pyrrole nitrogens is 1. The fraction of sp³-hybridized carbons (Fsp3) is 0.524. The summed E-state index contributed by atoms with van der Waals surface area (Å²) in [5.41, 5.74) is 0.678. The molecule has 0 atom stereocenters. The number of rotatable bonds is 6. The number of nitrogens with zero attached hydrogens (tertiary/aromatic N) is 5. The summed E-state index contributed by atoms with van der Waals surface area (Å²) in [4.78, 5) is 22.2. The second-order valence-electron chi connectivity index (χ2n) is 8.18. The molecule has 1 N–H and O–H groups in total. The van der Waals surface area contributed by atoms with E-state index in [2.05, 4.69) is 36.6 Å². The third-order valence-electron chi connectivity index (χ3n) is 5.86.